The lowest BCUT2D eigenvalue weighted by molar-refractivity contribution is -0.134. The van der Waals surface area contributed by atoms with Crippen LogP contribution in [0.25, 0.3) is 22.4 Å². The molecule has 5 atom stereocenters. The van der Waals surface area contributed by atoms with Crippen molar-refractivity contribution in [2.24, 2.45) is 40.9 Å². The first-order chi connectivity index (χ1) is 45.7. The van der Waals surface area contributed by atoms with Gasteiger partial charge in [-0.3, -0.25) is 45.0 Å². The van der Waals surface area contributed by atoms with E-state index >= 15 is 0 Å². The lowest BCUT2D eigenvalue weighted by Gasteiger charge is -2.31. The van der Waals surface area contributed by atoms with Gasteiger partial charge in [0.15, 0.2) is 11.1 Å². The Kier molecular flexibility index (Phi) is 32.6. The van der Waals surface area contributed by atoms with Crippen molar-refractivity contribution in [3.63, 3.8) is 0 Å². The van der Waals surface area contributed by atoms with Crippen LogP contribution in [0.2, 0.25) is 0 Å². The highest BCUT2D eigenvalue weighted by molar-refractivity contribution is 7.14. The van der Waals surface area contributed by atoms with Gasteiger partial charge < -0.3 is 86.4 Å². The van der Waals surface area contributed by atoms with Gasteiger partial charge in [-0.1, -0.05) is 6.07 Å². The van der Waals surface area contributed by atoms with Crippen LogP contribution < -0.4 is 54.4 Å². The molecule has 7 rings (SSSR count). The third-order valence-electron chi connectivity index (χ3n) is 16.3. The average Bonchev–Trinajstić information content (AvgIpc) is 1.64. The van der Waals surface area contributed by atoms with Crippen LogP contribution in [0.15, 0.2) is 48.0 Å². The fourth-order valence-electron chi connectivity index (χ4n) is 11.2. The molecule has 1 saturated heterocycles. The van der Waals surface area contributed by atoms with Gasteiger partial charge >= 0.3 is 6.09 Å². The predicted molar refractivity (Wildman–Crippen MR) is 353 cm³/mol. The van der Waals surface area contributed by atoms with E-state index in [4.69, 9.17) is 55.8 Å². The number of likely N-dealkylation sites (tertiary alicyclic amines) is 1. The number of aryl methyl sites for hydroxylation is 2. The van der Waals surface area contributed by atoms with E-state index in [9.17, 15) is 28.8 Å². The van der Waals surface area contributed by atoms with E-state index < -0.39 is 36.1 Å². The number of carbonyl (C=O) groups is 6. The van der Waals surface area contributed by atoms with Crippen LogP contribution in [0.3, 0.4) is 0 Å². The number of rotatable bonds is 44. The number of anilines is 1. The highest BCUT2D eigenvalue weighted by atomic mass is 32.1. The molecule has 0 spiro atoms. The number of aromatic nitrogens is 4. The maximum atomic E-state index is 13.9. The minimum absolute atomic E-state index is 0.101. The zero-order valence-electron chi connectivity index (χ0n) is 54.0. The van der Waals surface area contributed by atoms with E-state index in [1.807, 2.05) is 36.6 Å². The van der Waals surface area contributed by atoms with Gasteiger partial charge in [-0.05, 0) is 119 Å². The summed E-state index contributed by atoms with van der Waals surface area (Å²) in [5.41, 5.74) is 20.3. The third-order valence-corrected chi connectivity index (χ3v) is 17.0. The highest BCUT2D eigenvalue weighted by Gasteiger charge is 2.49. The summed E-state index contributed by atoms with van der Waals surface area (Å²) < 4.78 is 41.4. The number of nitrogens with zero attached hydrogens (tertiary/aromatic N) is 5. The Morgan fingerprint density at radius 1 is 0.702 bits per heavy atom. The fraction of sp³-hybridized carbons (Fsp3) is 0.625. The van der Waals surface area contributed by atoms with Crippen molar-refractivity contribution in [2.75, 3.05) is 130 Å². The maximum absolute atomic E-state index is 13.9. The van der Waals surface area contributed by atoms with E-state index in [0.29, 0.717) is 177 Å². The summed E-state index contributed by atoms with van der Waals surface area (Å²) in [4.78, 5) is 94.8. The Bertz CT molecular complexity index is 3050. The van der Waals surface area contributed by atoms with Crippen LogP contribution in [0.4, 0.5) is 9.93 Å². The number of fused-ring (bicyclic) bond motifs is 2. The SMILES string of the molecule is Cc1nc2cc(C(=O)Nc3nc(-c4ccccn4)cs3)ccc2n1CCCNC(=O)CCOCCOCCOCCOCCOCCOCCNC(=O)[C@H](CCCNC(N)N)NC(=O)[C@H](CCCNC(=N)N)NC(=O)C1CCN(C(=O)OCC2[C@H]3CCC#CCC[C@@H]23)CC1. The average molecular weight is 1330 g/mol. The van der Waals surface area contributed by atoms with Crippen molar-refractivity contribution in [3.8, 4) is 23.2 Å². The Morgan fingerprint density at radius 3 is 1.97 bits per heavy atom. The normalized spacial score (nSPS) is 16.8. The van der Waals surface area contributed by atoms with Crippen molar-refractivity contribution >= 4 is 69.1 Å². The number of imidazole rings is 1. The molecular weight excluding hydrogens is 1230 g/mol. The summed E-state index contributed by atoms with van der Waals surface area (Å²) in [5.74, 6) is 6.39. The van der Waals surface area contributed by atoms with Crippen LogP contribution >= 0.6 is 11.3 Å². The molecule has 94 heavy (non-hydrogen) atoms. The number of piperidine rings is 1. The summed E-state index contributed by atoms with van der Waals surface area (Å²) in [5, 5.41) is 29.9. The number of amides is 6. The number of pyridine rings is 1. The van der Waals surface area contributed by atoms with E-state index in [0.717, 1.165) is 42.7 Å². The summed E-state index contributed by atoms with van der Waals surface area (Å²) >= 11 is 1.33. The van der Waals surface area contributed by atoms with E-state index in [2.05, 4.69) is 68.6 Å². The molecule has 1 unspecified atom stereocenters. The van der Waals surface area contributed by atoms with Crippen molar-refractivity contribution in [1.82, 2.24) is 56.3 Å². The first kappa shape index (κ1) is 74.0. The summed E-state index contributed by atoms with van der Waals surface area (Å²) in [6.07, 6.45) is 7.44. The van der Waals surface area contributed by atoms with E-state index in [-0.39, 0.29) is 75.4 Å². The molecule has 14 N–H and O–H groups in total. The molecular formula is C64H96N16O13S. The zero-order valence-corrected chi connectivity index (χ0v) is 54.8. The Balaban J connectivity index is 0.662. The van der Waals surface area contributed by atoms with Crippen molar-refractivity contribution < 1.29 is 61.9 Å². The highest BCUT2D eigenvalue weighted by Crippen LogP contribution is 2.52. The predicted octanol–water partition coefficient (Wildman–Crippen LogP) is 2.32. The van der Waals surface area contributed by atoms with Crippen molar-refractivity contribution in [3.05, 3.63) is 59.4 Å². The second kappa shape index (κ2) is 41.4. The lowest BCUT2D eigenvalue weighted by Crippen LogP contribution is -2.55. The van der Waals surface area contributed by atoms with Gasteiger partial charge in [0.2, 0.25) is 23.6 Å². The summed E-state index contributed by atoms with van der Waals surface area (Å²) in [7, 11) is 0. The number of hydrogen-bond donors (Lipinski definition) is 11. The topological polar surface area (TPSA) is 400 Å². The van der Waals surface area contributed by atoms with E-state index in [1.165, 1.54) is 11.3 Å². The molecule has 2 aliphatic carbocycles. The lowest BCUT2D eigenvalue weighted by atomic mass is 9.95. The van der Waals surface area contributed by atoms with Gasteiger partial charge in [0.25, 0.3) is 5.91 Å². The monoisotopic (exact) mass is 1330 g/mol. The Hall–Kier alpha value is -7.44. The van der Waals surface area contributed by atoms with Crippen LogP contribution in [-0.2, 0) is 58.9 Å². The molecule has 1 aliphatic heterocycles. The van der Waals surface area contributed by atoms with E-state index in [1.54, 1.807) is 23.2 Å². The molecule has 3 aliphatic rings. The molecule has 0 bridgehead atoms. The van der Waals surface area contributed by atoms with Gasteiger partial charge in [-0.2, -0.15) is 0 Å². The molecule has 30 heteroatoms. The number of hydrogen-bond acceptors (Lipinski definition) is 21. The fourth-order valence-corrected chi connectivity index (χ4v) is 11.9. The molecule has 6 amide bonds. The molecule has 3 aromatic heterocycles. The van der Waals surface area contributed by atoms with Crippen LogP contribution in [0.5, 0.6) is 0 Å². The van der Waals surface area contributed by atoms with Gasteiger partial charge in [-0.15, -0.1) is 23.2 Å². The third kappa shape index (κ3) is 26.4. The molecule has 2 fully saturated rings. The quantitative estimate of drug-likeness (QED) is 0.00995. The van der Waals surface area contributed by atoms with Gasteiger partial charge in [-0.25, -0.2) is 14.8 Å². The molecule has 4 aromatic rings. The number of nitrogens with two attached hydrogens (primary N) is 3. The Labute approximate surface area is 553 Å². The van der Waals surface area contributed by atoms with Gasteiger partial charge in [0.05, 0.1) is 103 Å². The zero-order chi connectivity index (χ0) is 66.7. The summed E-state index contributed by atoms with van der Waals surface area (Å²) in [6, 6.07) is 9.06. The number of thiazole rings is 1. The molecule has 1 aromatic carbocycles. The standard InChI is InChI=1S/C64H96N16O13S/c1-44-74-53-41-46(58(83)78-63-77-54(43-94-63)50-13-6-7-21-69-50)16-17-55(53)80(44)26-10-24-70-56(81)20-29-87-31-33-89-35-37-91-39-40-92-38-36-90-34-32-88-30-25-71-59(84)51(14-8-22-72-61(65)66)76-60(85)52(15-9-23-73-62(67)68)75-57(82)45-18-27-79(28-19-45)64(86)93-42-49-47-11-4-2-3-5-12-48(47)49/h6-7,13,16-17,21,41,43,45,47-49,51-52,61,72H,4-5,8-12,14-15,18-20,22-40,42,65-66H2,1H3,(H,70,81)(H,71,84)(H,75,82)(H,76,85)(H4,67,68,73)(H,77,78,83)/t47-,48+,49?,51-,52-/m0/s1. The minimum atomic E-state index is -0.997. The number of guanidine groups is 1. The van der Waals surface area contributed by atoms with Crippen LogP contribution in [0, 0.1) is 47.8 Å². The van der Waals surface area contributed by atoms with Gasteiger partial charge in [0.1, 0.15) is 29.9 Å². The largest absolute Gasteiger partial charge is 0.449 e. The number of benzene rings is 1. The minimum Gasteiger partial charge on any atom is -0.449 e. The number of ether oxygens (including phenoxy) is 7. The molecule has 4 heterocycles. The first-order valence-electron chi connectivity index (χ1n) is 32.7. The second-order valence-electron chi connectivity index (χ2n) is 23.1. The Morgan fingerprint density at radius 2 is 1.33 bits per heavy atom. The second-order valence-corrected chi connectivity index (χ2v) is 24.0. The van der Waals surface area contributed by atoms with Gasteiger partial charge in [0, 0.05) is 81.6 Å². The molecule has 516 valence electrons. The molecule has 29 nitrogen and oxygen atoms in total. The number of nitrogens with one attached hydrogen (secondary N) is 8. The first-order valence-corrected chi connectivity index (χ1v) is 33.6. The molecule has 1 saturated carbocycles. The maximum Gasteiger partial charge on any atom is 0.409 e. The van der Waals surface area contributed by atoms with Crippen molar-refractivity contribution in [1.29, 1.82) is 5.41 Å². The van der Waals surface area contributed by atoms with Crippen LogP contribution in [-0.4, -0.2) is 210 Å². The molecule has 0 radical (unpaired) electrons. The smallest absolute Gasteiger partial charge is 0.409 e. The summed E-state index contributed by atoms with van der Waals surface area (Å²) in [6.45, 7) is 8.96. The number of carbonyl (C=O) groups excluding carboxylic acids is 6. The van der Waals surface area contributed by atoms with Crippen LogP contribution in [0.1, 0.15) is 93.2 Å². The van der Waals surface area contributed by atoms with Crippen molar-refractivity contribution in [2.45, 2.75) is 109 Å².